The number of carbonyl (C=O) groups is 2. The topological polar surface area (TPSA) is 87.5 Å². The number of amides is 1. The van der Waals surface area contributed by atoms with Gasteiger partial charge < -0.3 is 10.4 Å². The smallest absolute Gasteiger partial charge is 0.317 e. The monoisotopic (exact) mass is 376 g/mol. The number of hydrogen-bond donors (Lipinski definition) is 2. The maximum Gasteiger partial charge on any atom is 0.317 e. The number of aliphatic carboxylic acids is 1. The fourth-order valence-corrected chi connectivity index (χ4v) is 3.25. The van der Waals surface area contributed by atoms with Gasteiger partial charge in [-0.25, -0.2) is 4.68 Å². The second-order valence-electron chi connectivity index (χ2n) is 6.40. The summed E-state index contributed by atoms with van der Waals surface area (Å²) >= 11 is 5.88. The number of aromatic nitrogens is 2. The molecule has 1 aromatic carbocycles. The summed E-state index contributed by atoms with van der Waals surface area (Å²) in [4.78, 5) is 25.2. The number of carbonyl (C=O) groups excluding carboxylic acids is 1. The van der Waals surface area contributed by atoms with Crippen LogP contribution in [0.3, 0.4) is 0 Å². The van der Waals surface area contributed by atoms with Crippen LogP contribution in [0.25, 0.3) is 5.69 Å². The minimum atomic E-state index is -0.825. The molecule has 8 heteroatoms. The van der Waals surface area contributed by atoms with Gasteiger partial charge in [-0.05, 0) is 43.7 Å². The Hall–Kier alpha value is -2.38. The first-order chi connectivity index (χ1) is 12.5. The van der Waals surface area contributed by atoms with E-state index in [0.717, 1.165) is 18.5 Å². The Bertz CT molecular complexity index is 784. The van der Waals surface area contributed by atoms with Crippen molar-refractivity contribution in [3.8, 4) is 5.69 Å². The standard InChI is InChI=1S/C18H21ClN4O3/c1-2-22(11-17(24)25)16-7-14(8-16)21-18(26)12-9-20-23(10-12)15-5-3-13(19)4-6-15/h3-6,9-10,14,16H,2,7-8,11H2,1H3,(H,21,26)(H,24,25). The number of rotatable bonds is 7. The third-order valence-corrected chi connectivity index (χ3v) is 4.90. The molecule has 1 aliphatic carbocycles. The van der Waals surface area contributed by atoms with Crippen LogP contribution in [0.15, 0.2) is 36.7 Å². The lowest BCUT2D eigenvalue weighted by Gasteiger charge is -2.42. The highest BCUT2D eigenvalue weighted by atomic mass is 35.5. The van der Waals surface area contributed by atoms with Crippen LogP contribution in [-0.4, -0.2) is 56.8 Å². The van der Waals surface area contributed by atoms with Crippen molar-refractivity contribution in [3.05, 3.63) is 47.2 Å². The Morgan fingerprint density at radius 3 is 2.65 bits per heavy atom. The van der Waals surface area contributed by atoms with E-state index in [2.05, 4.69) is 10.4 Å². The molecule has 1 aromatic heterocycles. The van der Waals surface area contributed by atoms with Crippen LogP contribution in [0.1, 0.15) is 30.1 Å². The van der Waals surface area contributed by atoms with Gasteiger partial charge in [0.1, 0.15) is 0 Å². The molecular formula is C18H21ClN4O3. The Morgan fingerprint density at radius 1 is 1.35 bits per heavy atom. The lowest BCUT2D eigenvalue weighted by molar-refractivity contribution is -0.139. The SMILES string of the molecule is CCN(CC(=O)O)C1CC(NC(=O)c2cnn(-c3ccc(Cl)cc3)c2)C1. The summed E-state index contributed by atoms with van der Waals surface area (Å²) in [6, 6.07) is 7.46. The highest BCUT2D eigenvalue weighted by Crippen LogP contribution is 2.26. The fraction of sp³-hybridized carbons (Fsp3) is 0.389. The molecule has 0 aliphatic heterocycles. The van der Waals surface area contributed by atoms with Gasteiger partial charge in [0.2, 0.25) is 0 Å². The van der Waals surface area contributed by atoms with E-state index >= 15 is 0 Å². The third-order valence-electron chi connectivity index (χ3n) is 4.65. The molecule has 0 radical (unpaired) electrons. The molecular weight excluding hydrogens is 356 g/mol. The van der Waals surface area contributed by atoms with E-state index in [1.54, 1.807) is 23.0 Å². The van der Waals surface area contributed by atoms with Crippen LogP contribution in [0.2, 0.25) is 5.02 Å². The summed E-state index contributed by atoms with van der Waals surface area (Å²) in [6.45, 7) is 2.67. The Morgan fingerprint density at radius 2 is 2.04 bits per heavy atom. The lowest BCUT2D eigenvalue weighted by Crippen LogP contribution is -2.54. The fourth-order valence-electron chi connectivity index (χ4n) is 3.12. The van der Waals surface area contributed by atoms with Crippen LogP contribution in [0.4, 0.5) is 0 Å². The van der Waals surface area contributed by atoms with Crippen molar-refractivity contribution in [2.75, 3.05) is 13.1 Å². The highest BCUT2D eigenvalue weighted by Gasteiger charge is 2.34. The molecule has 1 fully saturated rings. The number of benzene rings is 1. The van der Waals surface area contributed by atoms with Gasteiger partial charge >= 0.3 is 5.97 Å². The number of nitrogens with one attached hydrogen (secondary N) is 1. The number of carboxylic acids is 1. The maximum absolute atomic E-state index is 12.4. The van der Waals surface area contributed by atoms with E-state index in [1.165, 1.54) is 6.20 Å². The number of nitrogens with zero attached hydrogens (tertiary/aromatic N) is 3. The van der Waals surface area contributed by atoms with Crippen LogP contribution in [0.5, 0.6) is 0 Å². The van der Waals surface area contributed by atoms with E-state index in [0.29, 0.717) is 17.1 Å². The van der Waals surface area contributed by atoms with Crippen molar-refractivity contribution >= 4 is 23.5 Å². The van der Waals surface area contributed by atoms with Gasteiger partial charge in [0.25, 0.3) is 5.91 Å². The van der Waals surface area contributed by atoms with Gasteiger partial charge in [0.15, 0.2) is 0 Å². The molecule has 1 aliphatic rings. The predicted octanol–water partition coefficient (Wildman–Crippen LogP) is 2.19. The highest BCUT2D eigenvalue weighted by molar-refractivity contribution is 6.30. The zero-order valence-corrected chi connectivity index (χ0v) is 15.2. The average Bonchev–Trinajstić information content (AvgIpc) is 3.06. The predicted molar refractivity (Wildman–Crippen MR) is 97.7 cm³/mol. The summed E-state index contributed by atoms with van der Waals surface area (Å²) < 4.78 is 1.63. The first kappa shape index (κ1) is 18.4. The molecule has 7 nitrogen and oxygen atoms in total. The van der Waals surface area contributed by atoms with E-state index in [9.17, 15) is 9.59 Å². The zero-order chi connectivity index (χ0) is 18.7. The van der Waals surface area contributed by atoms with Gasteiger partial charge in [0, 0.05) is 23.3 Å². The van der Waals surface area contributed by atoms with Crippen LogP contribution < -0.4 is 5.32 Å². The maximum atomic E-state index is 12.4. The van der Waals surface area contributed by atoms with Crippen molar-refractivity contribution in [3.63, 3.8) is 0 Å². The minimum absolute atomic E-state index is 0.0374. The summed E-state index contributed by atoms with van der Waals surface area (Å²) in [7, 11) is 0. The van der Waals surface area contributed by atoms with Gasteiger partial charge in [-0.15, -0.1) is 0 Å². The Labute approximate surface area is 156 Å². The number of carboxylic acid groups (broad SMARTS) is 1. The number of hydrogen-bond acceptors (Lipinski definition) is 4. The van der Waals surface area contributed by atoms with Crippen molar-refractivity contribution in [2.24, 2.45) is 0 Å². The molecule has 1 amide bonds. The summed E-state index contributed by atoms with van der Waals surface area (Å²) in [5.74, 6) is -0.996. The molecule has 1 heterocycles. The largest absolute Gasteiger partial charge is 0.480 e. The van der Waals surface area contributed by atoms with Crippen LogP contribution >= 0.6 is 11.6 Å². The molecule has 0 bridgehead atoms. The van der Waals surface area contributed by atoms with E-state index in [4.69, 9.17) is 16.7 Å². The van der Waals surface area contributed by atoms with Gasteiger partial charge in [0.05, 0.1) is 24.0 Å². The summed E-state index contributed by atoms with van der Waals surface area (Å²) in [6.07, 6.45) is 4.73. The number of halogens is 1. The van der Waals surface area contributed by atoms with Crippen molar-refractivity contribution in [1.29, 1.82) is 0 Å². The van der Waals surface area contributed by atoms with Gasteiger partial charge in [-0.1, -0.05) is 18.5 Å². The first-order valence-corrected chi connectivity index (χ1v) is 8.91. The second kappa shape index (κ2) is 7.88. The average molecular weight is 377 g/mol. The van der Waals surface area contributed by atoms with Crippen molar-refractivity contribution < 1.29 is 14.7 Å². The van der Waals surface area contributed by atoms with E-state index < -0.39 is 5.97 Å². The molecule has 0 atom stereocenters. The molecule has 0 unspecified atom stereocenters. The quantitative estimate of drug-likeness (QED) is 0.773. The molecule has 3 rings (SSSR count). The second-order valence-corrected chi connectivity index (χ2v) is 6.84. The number of likely N-dealkylation sites (N-methyl/N-ethyl adjacent to an activating group) is 1. The molecule has 2 aromatic rings. The third kappa shape index (κ3) is 4.23. The van der Waals surface area contributed by atoms with Crippen LogP contribution in [-0.2, 0) is 4.79 Å². The zero-order valence-electron chi connectivity index (χ0n) is 14.4. The van der Waals surface area contributed by atoms with Crippen molar-refractivity contribution in [2.45, 2.75) is 31.8 Å². The molecule has 0 spiro atoms. The summed E-state index contributed by atoms with van der Waals surface area (Å²) in [5, 5.41) is 16.8. The van der Waals surface area contributed by atoms with Crippen LogP contribution in [0, 0.1) is 0 Å². The van der Waals surface area contributed by atoms with Gasteiger partial charge in [-0.3, -0.25) is 14.5 Å². The molecule has 1 saturated carbocycles. The lowest BCUT2D eigenvalue weighted by atomic mass is 9.85. The van der Waals surface area contributed by atoms with Crippen molar-refractivity contribution in [1.82, 2.24) is 20.0 Å². The molecule has 0 saturated heterocycles. The normalized spacial score (nSPS) is 19.2. The van der Waals surface area contributed by atoms with Gasteiger partial charge in [-0.2, -0.15) is 5.10 Å². The van der Waals surface area contributed by atoms with E-state index in [-0.39, 0.29) is 24.5 Å². The molecule has 2 N–H and O–H groups in total. The Kier molecular flexibility index (Phi) is 5.58. The Balaban J connectivity index is 1.54. The first-order valence-electron chi connectivity index (χ1n) is 8.53. The van der Waals surface area contributed by atoms with E-state index in [1.807, 2.05) is 24.0 Å². The molecule has 138 valence electrons. The summed E-state index contributed by atoms with van der Waals surface area (Å²) in [5.41, 5.74) is 1.31. The minimum Gasteiger partial charge on any atom is -0.480 e. The molecule has 26 heavy (non-hydrogen) atoms.